The SMILES string of the molecule is CCOC(=O)C(Cc1cccnc1)NC(=O)CNC(=O)c1cccc(NC(=O)Nc2ccccc2)c1. The van der Waals surface area contributed by atoms with Gasteiger partial charge in [-0.1, -0.05) is 30.3 Å². The summed E-state index contributed by atoms with van der Waals surface area (Å²) < 4.78 is 5.05. The van der Waals surface area contributed by atoms with E-state index in [0.29, 0.717) is 11.4 Å². The van der Waals surface area contributed by atoms with E-state index in [-0.39, 0.29) is 25.1 Å². The second kappa shape index (κ2) is 13.2. The normalized spacial score (nSPS) is 11.0. The van der Waals surface area contributed by atoms with Gasteiger partial charge in [-0.15, -0.1) is 0 Å². The van der Waals surface area contributed by atoms with Crippen molar-refractivity contribution in [2.24, 2.45) is 0 Å². The second-order valence-corrected chi connectivity index (χ2v) is 7.65. The first-order valence-electron chi connectivity index (χ1n) is 11.3. The summed E-state index contributed by atoms with van der Waals surface area (Å²) in [6.45, 7) is 1.49. The first kappa shape index (κ1) is 25.9. The second-order valence-electron chi connectivity index (χ2n) is 7.65. The topological polar surface area (TPSA) is 139 Å². The lowest BCUT2D eigenvalue weighted by atomic mass is 10.1. The Morgan fingerprint density at radius 3 is 2.39 bits per heavy atom. The summed E-state index contributed by atoms with van der Waals surface area (Å²) in [5, 5.41) is 10.5. The zero-order chi connectivity index (χ0) is 25.8. The monoisotopic (exact) mass is 489 g/mol. The van der Waals surface area contributed by atoms with Crippen molar-refractivity contribution in [1.29, 1.82) is 0 Å². The quantitative estimate of drug-likeness (QED) is 0.323. The molecule has 0 radical (unpaired) electrons. The van der Waals surface area contributed by atoms with Crippen LogP contribution in [0.5, 0.6) is 0 Å². The van der Waals surface area contributed by atoms with Gasteiger partial charge >= 0.3 is 12.0 Å². The molecule has 3 rings (SSSR count). The molecule has 36 heavy (non-hydrogen) atoms. The van der Waals surface area contributed by atoms with Crippen LogP contribution in [0.3, 0.4) is 0 Å². The van der Waals surface area contributed by atoms with Crippen LogP contribution in [-0.4, -0.2) is 48.0 Å². The van der Waals surface area contributed by atoms with E-state index in [1.807, 2.05) is 6.07 Å². The molecule has 10 heteroatoms. The molecule has 0 spiro atoms. The number of carbonyl (C=O) groups is 4. The summed E-state index contributed by atoms with van der Waals surface area (Å²) in [6, 6.07) is 17.3. The highest BCUT2D eigenvalue weighted by molar-refractivity contribution is 6.02. The molecule has 1 aromatic heterocycles. The van der Waals surface area contributed by atoms with E-state index >= 15 is 0 Å². The van der Waals surface area contributed by atoms with Crippen LogP contribution in [0.15, 0.2) is 79.1 Å². The van der Waals surface area contributed by atoms with Crippen molar-refractivity contribution < 1.29 is 23.9 Å². The van der Waals surface area contributed by atoms with Gasteiger partial charge < -0.3 is 26.0 Å². The number of ether oxygens (including phenoxy) is 1. The largest absolute Gasteiger partial charge is 0.464 e. The lowest BCUT2D eigenvalue weighted by molar-refractivity contribution is -0.147. The Kier molecular flexibility index (Phi) is 9.51. The number of para-hydroxylation sites is 1. The minimum atomic E-state index is -0.922. The lowest BCUT2D eigenvalue weighted by Crippen LogP contribution is -2.47. The average molecular weight is 490 g/mol. The van der Waals surface area contributed by atoms with Crippen molar-refractivity contribution in [2.45, 2.75) is 19.4 Å². The number of hydrogen-bond acceptors (Lipinski definition) is 6. The van der Waals surface area contributed by atoms with Gasteiger partial charge in [0.2, 0.25) is 5.91 Å². The van der Waals surface area contributed by atoms with E-state index in [4.69, 9.17) is 4.74 Å². The Labute approximate surface area is 208 Å². The fourth-order valence-corrected chi connectivity index (χ4v) is 3.25. The number of esters is 1. The number of amides is 4. The number of rotatable bonds is 10. The molecule has 1 unspecified atom stereocenters. The van der Waals surface area contributed by atoms with Crippen LogP contribution in [0.2, 0.25) is 0 Å². The number of nitrogens with zero attached hydrogens (tertiary/aromatic N) is 1. The Morgan fingerprint density at radius 2 is 1.67 bits per heavy atom. The Hall–Kier alpha value is -4.73. The molecule has 0 aliphatic heterocycles. The van der Waals surface area contributed by atoms with Gasteiger partial charge in [0.15, 0.2) is 0 Å². The molecule has 1 atom stereocenters. The predicted octanol–water partition coefficient (Wildman–Crippen LogP) is 2.75. The van der Waals surface area contributed by atoms with Gasteiger partial charge in [0.05, 0.1) is 13.2 Å². The Bertz CT molecular complexity index is 1190. The maximum absolute atomic E-state index is 12.6. The first-order valence-corrected chi connectivity index (χ1v) is 11.3. The molecule has 186 valence electrons. The summed E-state index contributed by atoms with van der Waals surface area (Å²) in [6.07, 6.45) is 3.41. The van der Waals surface area contributed by atoms with E-state index in [2.05, 4.69) is 26.3 Å². The van der Waals surface area contributed by atoms with Crippen molar-refractivity contribution in [3.63, 3.8) is 0 Å². The number of urea groups is 1. The highest BCUT2D eigenvalue weighted by atomic mass is 16.5. The highest BCUT2D eigenvalue weighted by Gasteiger charge is 2.23. The third kappa shape index (κ3) is 8.24. The molecule has 0 saturated carbocycles. The maximum atomic E-state index is 12.6. The first-order chi connectivity index (χ1) is 17.4. The number of aromatic nitrogens is 1. The standard InChI is InChI=1S/C26H27N5O5/c1-2-36-25(34)22(14-18-8-7-13-27-16-18)31-23(32)17-28-24(33)19-9-6-12-21(15-19)30-26(35)29-20-10-4-3-5-11-20/h3-13,15-16,22H,2,14,17H2,1H3,(H,28,33)(H,31,32)(H2,29,30,35). The minimum absolute atomic E-state index is 0.169. The fraction of sp³-hybridized carbons (Fsp3) is 0.192. The Morgan fingerprint density at radius 1 is 0.917 bits per heavy atom. The molecule has 0 bridgehead atoms. The van der Waals surface area contributed by atoms with E-state index in [1.165, 1.54) is 6.07 Å². The third-order valence-corrected chi connectivity index (χ3v) is 4.89. The summed E-state index contributed by atoms with van der Waals surface area (Å²) in [5.74, 6) is -1.65. The zero-order valence-corrected chi connectivity index (χ0v) is 19.7. The van der Waals surface area contributed by atoms with E-state index < -0.39 is 29.9 Å². The number of anilines is 2. The minimum Gasteiger partial charge on any atom is -0.464 e. The highest BCUT2D eigenvalue weighted by Crippen LogP contribution is 2.12. The van der Waals surface area contributed by atoms with Gasteiger partial charge in [0, 0.05) is 35.8 Å². The molecular weight excluding hydrogens is 462 g/mol. The lowest BCUT2D eigenvalue weighted by Gasteiger charge is -2.17. The third-order valence-electron chi connectivity index (χ3n) is 4.89. The van der Waals surface area contributed by atoms with Crippen LogP contribution in [0, 0.1) is 0 Å². The van der Waals surface area contributed by atoms with Crippen molar-refractivity contribution in [1.82, 2.24) is 15.6 Å². The van der Waals surface area contributed by atoms with Gasteiger partial charge in [-0.2, -0.15) is 0 Å². The van der Waals surface area contributed by atoms with Crippen LogP contribution in [0.25, 0.3) is 0 Å². The van der Waals surface area contributed by atoms with Crippen LogP contribution in [0.4, 0.5) is 16.2 Å². The molecule has 0 fully saturated rings. The van der Waals surface area contributed by atoms with Crippen LogP contribution in [-0.2, 0) is 20.7 Å². The van der Waals surface area contributed by atoms with Gasteiger partial charge in [-0.3, -0.25) is 14.6 Å². The summed E-state index contributed by atoms with van der Waals surface area (Å²) in [4.78, 5) is 53.5. The summed E-state index contributed by atoms with van der Waals surface area (Å²) in [5.41, 5.74) is 2.03. The van der Waals surface area contributed by atoms with Crippen molar-refractivity contribution in [3.05, 3.63) is 90.3 Å². The van der Waals surface area contributed by atoms with Gasteiger partial charge in [-0.05, 0) is 48.9 Å². The number of carbonyl (C=O) groups excluding carboxylic acids is 4. The van der Waals surface area contributed by atoms with Crippen LogP contribution < -0.4 is 21.3 Å². The average Bonchev–Trinajstić information content (AvgIpc) is 2.88. The number of benzene rings is 2. The zero-order valence-electron chi connectivity index (χ0n) is 19.7. The predicted molar refractivity (Wildman–Crippen MR) is 134 cm³/mol. The van der Waals surface area contributed by atoms with E-state index in [1.54, 1.807) is 73.9 Å². The molecule has 4 N–H and O–H groups in total. The fourth-order valence-electron chi connectivity index (χ4n) is 3.25. The summed E-state index contributed by atoms with van der Waals surface area (Å²) >= 11 is 0. The molecule has 0 saturated heterocycles. The molecule has 0 aliphatic rings. The number of pyridine rings is 1. The number of nitrogens with one attached hydrogen (secondary N) is 4. The van der Waals surface area contributed by atoms with Crippen molar-refractivity contribution in [3.8, 4) is 0 Å². The molecule has 0 aliphatic carbocycles. The molecule has 4 amide bonds. The van der Waals surface area contributed by atoms with Crippen molar-refractivity contribution >= 4 is 35.2 Å². The van der Waals surface area contributed by atoms with Gasteiger partial charge in [0.1, 0.15) is 6.04 Å². The van der Waals surface area contributed by atoms with Gasteiger partial charge in [-0.25, -0.2) is 9.59 Å². The number of hydrogen-bond donors (Lipinski definition) is 4. The van der Waals surface area contributed by atoms with E-state index in [9.17, 15) is 19.2 Å². The summed E-state index contributed by atoms with van der Waals surface area (Å²) in [7, 11) is 0. The molecule has 3 aromatic rings. The van der Waals surface area contributed by atoms with E-state index in [0.717, 1.165) is 5.56 Å². The molecular formula is C26H27N5O5. The van der Waals surface area contributed by atoms with Gasteiger partial charge in [0.25, 0.3) is 5.91 Å². The molecule has 10 nitrogen and oxygen atoms in total. The molecule has 1 heterocycles. The molecule has 2 aromatic carbocycles. The Balaban J connectivity index is 1.53. The smallest absolute Gasteiger partial charge is 0.328 e. The van der Waals surface area contributed by atoms with Crippen LogP contribution >= 0.6 is 0 Å². The maximum Gasteiger partial charge on any atom is 0.328 e. The van der Waals surface area contributed by atoms with Crippen LogP contribution in [0.1, 0.15) is 22.8 Å². The van der Waals surface area contributed by atoms with Crippen molar-refractivity contribution in [2.75, 3.05) is 23.8 Å².